The maximum atomic E-state index is 11.1. The number of aromatic carboxylic acids is 1. The van der Waals surface area contributed by atoms with E-state index in [2.05, 4.69) is 10.2 Å². The Morgan fingerprint density at radius 1 is 1.24 bits per heavy atom. The van der Waals surface area contributed by atoms with Crippen LogP contribution in [0.25, 0.3) is 11.3 Å². The van der Waals surface area contributed by atoms with Crippen molar-refractivity contribution in [1.29, 1.82) is 0 Å². The van der Waals surface area contributed by atoms with Crippen LogP contribution < -0.4 is 0 Å². The number of nitrogens with zero attached hydrogens (tertiary/aromatic N) is 2. The van der Waals surface area contributed by atoms with Crippen LogP contribution in [0, 0.1) is 13.8 Å². The highest BCUT2D eigenvalue weighted by atomic mass is 16.4. The van der Waals surface area contributed by atoms with Gasteiger partial charge in [-0.2, -0.15) is 5.10 Å². The van der Waals surface area contributed by atoms with Gasteiger partial charge in [0.2, 0.25) is 0 Å². The van der Waals surface area contributed by atoms with Crippen molar-refractivity contribution in [1.82, 2.24) is 10.2 Å². The Kier molecular flexibility index (Phi) is 2.87. The molecule has 0 aliphatic heterocycles. The van der Waals surface area contributed by atoms with Gasteiger partial charge in [-0.15, -0.1) is 5.10 Å². The summed E-state index contributed by atoms with van der Waals surface area (Å²) in [6, 6.07) is 7.27. The standard InChI is InChI=1S/C13H12N2O2/c1-8-3-4-10(9(2)7-8)12-11(13(16)17)5-6-14-15-12/h3-7H,1-2H3,(H,16,17). The Morgan fingerprint density at radius 3 is 2.65 bits per heavy atom. The monoisotopic (exact) mass is 228 g/mol. The lowest BCUT2D eigenvalue weighted by Crippen LogP contribution is -2.03. The van der Waals surface area contributed by atoms with Gasteiger partial charge >= 0.3 is 5.97 Å². The van der Waals surface area contributed by atoms with Crippen molar-refractivity contribution in [3.05, 3.63) is 47.2 Å². The van der Waals surface area contributed by atoms with Gasteiger partial charge in [-0.05, 0) is 25.5 Å². The van der Waals surface area contributed by atoms with E-state index in [1.165, 1.54) is 12.3 Å². The molecule has 2 aromatic rings. The number of rotatable bonds is 2. The summed E-state index contributed by atoms with van der Waals surface area (Å²) in [7, 11) is 0. The normalized spacial score (nSPS) is 10.2. The van der Waals surface area contributed by atoms with Crippen molar-refractivity contribution >= 4 is 5.97 Å². The molecule has 0 amide bonds. The first kappa shape index (κ1) is 11.3. The molecule has 0 radical (unpaired) electrons. The van der Waals surface area contributed by atoms with E-state index in [-0.39, 0.29) is 5.56 Å². The molecule has 0 saturated carbocycles. The highest BCUT2D eigenvalue weighted by molar-refractivity contribution is 5.94. The van der Waals surface area contributed by atoms with Crippen LogP contribution in [0.1, 0.15) is 21.5 Å². The van der Waals surface area contributed by atoms with Gasteiger partial charge in [-0.1, -0.05) is 23.8 Å². The molecule has 86 valence electrons. The van der Waals surface area contributed by atoms with Gasteiger partial charge in [0.15, 0.2) is 0 Å². The van der Waals surface area contributed by atoms with Crippen LogP contribution in [0.15, 0.2) is 30.5 Å². The Bertz CT molecular complexity index is 579. The second kappa shape index (κ2) is 4.33. The van der Waals surface area contributed by atoms with Crippen molar-refractivity contribution in [3.63, 3.8) is 0 Å². The molecular formula is C13H12N2O2. The van der Waals surface area contributed by atoms with Crippen molar-refractivity contribution < 1.29 is 9.90 Å². The molecule has 2 rings (SSSR count). The fourth-order valence-electron chi connectivity index (χ4n) is 1.78. The second-order valence-corrected chi connectivity index (χ2v) is 3.92. The van der Waals surface area contributed by atoms with Crippen LogP contribution in [0.3, 0.4) is 0 Å². The zero-order chi connectivity index (χ0) is 12.4. The van der Waals surface area contributed by atoms with Crippen molar-refractivity contribution in [2.45, 2.75) is 13.8 Å². The molecule has 0 spiro atoms. The van der Waals surface area contributed by atoms with Crippen molar-refractivity contribution in [3.8, 4) is 11.3 Å². The predicted molar refractivity (Wildman–Crippen MR) is 63.9 cm³/mol. The molecule has 1 aromatic heterocycles. The molecule has 1 N–H and O–H groups in total. The first-order valence-corrected chi connectivity index (χ1v) is 5.22. The SMILES string of the molecule is Cc1ccc(-c2nnccc2C(=O)O)c(C)c1. The summed E-state index contributed by atoms with van der Waals surface area (Å²) in [5.41, 5.74) is 3.52. The van der Waals surface area contributed by atoms with E-state index >= 15 is 0 Å². The predicted octanol–water partition coefficient (Wildman–Crippen LogP) is 2.46. The quantitative estimate of drug-likeness (QED) is 0.857. The molecule has 1 heterocycles. The number of carboxylic acids is 1. The Morgan fingerprint density at radius 2 is 2.00 bits per heavy atom. The maximum Gasteiger partial charge on any atom is 0.338 e. The zero-order valence-corrected chi connectivity index (χ0v) is 9.64. The van der Waals surface area contributed by atoms with E-state index in [4.69, 9.17) is 5.11 Å². The summed E-state index contributed by atoms with van der Waals surface area (Å²) in [6.07, 6.45) is 1.39. The first-order valence-electron chi connectivity index (χ1n) is 5.22. The van der Waals surface area contributed by atoms with Crippen LogP contribution in [-0.2, 0) is 0 Å². The van der Waals surface area contributed by atoms with Crippen LogP contribution >= 0.6 is 0 Å². The van der Waals surface area contributed by atoms with Gasteiger partial charge in [0, 0.05) is 5.56 Å². The molecule has 4 nitrogen and oxygen atoms in total. The third kappa shape index (κ3) is 2.15. The topological polar surface area (TPSA) is 63.1 Å². The van der Waals surface area contributed by atoms with Gasteiger partial charge in [0.25, 0.3) is 0 Å². The highest BCUT2D eigenvalue weighted by Gasteiger charge is 2.14. The largest absolute Gasteiger partial charge is 0.478 e. The van der Waals surface area contributed by atoms with Crippen molar-refractivity contribution in [2.75, 3.05) is 0 Å². The number of hydrogen-bond donors (Lipinski definition) is 1. The fraction of sp³-hybridized carbons (Fsp3) is 0.154. The van der Waals surface area contributed by atoms with Crippen LogP contribution in [0.2, 0.25) is 0 Å². The number of aromatic nitrogens is 2. The number of aryl methyl sites for hydroxylation is 2. The summed E-state index contributed by atoms with van der Waals surface area (Å²) < 4.78 is 0. The molecule has 0 fully saturated rings. The first-order chi connectivity index (χ1) is 8.09. The maximum absolute atomic E-state index is 11.1. The molecule has 0 aliphatic rings. The summed E-state index contributed by atoms with van der Waals surface area (Å²) in [5.74, 6) is -0.991. The van der Waals surface area contributed by atoms with E-state index in [0.29, 0.717) is 5.69 Å². The lowest BCUT2D eigenvalue weighted by Gasteiger charge is -2.07. The van der Waals surface area contributed by atoms with E-state index in [9.17, 15) is 4.79 Å². The molecule has 0 unspecified atom stereocenters. The van der Waals surface area contributed by atoms with Gasteiger partial charge in [-0.25, -0.2) is 4.79 Å². The lowest BCUT2D eigenvalue weighted by molar-refractivity contribution is 0.0697. The zero-order valence-electron chi connectivity index (χ0n) is 9.64. The molecule has 0 atom stereocenters. The fourth-order valence-corrected chi connectivity index (χ4v) is 1.78. The minimum atomic E-state index is -0.991. The minimum absolute atomic E-state index is 0.173. The third-order valence-corrected chi connectivity index (χ3v) is 2.59. The second-order valence-electron chi connectivity index (χ2n) is 3.92. The molecule has 0 bridgehead atoms. The summed E-state index contributed by atoms with van der Waals surface area (Å²) >= 11 is 0. The smallest absolute Gasteiger partial charge is 0.338 e. The average Bonchev–Trinajstić information content (AvgIpc) is 2.29. The Hall–Kier alpha value is -2.23. The average molecular weight is 228 g/mol. The van der Waals surface area contributed by atoms with Crippen LogP contribution in [-0.4, -0.2) is 21.3 Å². The Labute approximate surface area is 98.9 Å². The summed E-state index contributed by atoms with van der Waals surface area (Å²) in [4.78, 5) is 11.1. The molecule has 0 saturated heterocycles. The molecule has 17 heavy (non-hydrogen) atoms. The van der Waals surface area contributed by atoms with Crippen LogP contribution in [0.5, 0.6) is 0 Å². The molecular weight excluding hydrogens is 216 g/mol. The summed E-state index contributed by atoms with van der Waals surface area (Å²) in [6.45, 7) is 3.92. The van der Waals surface area contributed by atoms with Gasteiger partial charge in [-0.3, -0.25) is 0 Å². The van der Waals surface area contributed by atoms with Crippen LogP contribution in [0.4, 0.5) is 0 Å². The van der Waals surface area contributed by atoms with Gasteiger partial charge in [0.05, 0.1) is 11.8 Å². The van der Waals surface area contributed by atoms with E-state index < -0.39 is 5.97 Å². The number of benzene rings is 1. The Balaban J connectivity index is 2.64. The number of hydrogen-bond acceptors (Lipinski definition) is 3. The van der Waals surface area contributed by atoms with E-state index in [1.54, 1.807) is 0 Å². The van der Waals surface area contributed by atoms with Gasteiger partial charge in [0.1, 0.15) is 5.69 Å². The third-order valence-electron chi connectivity index (χ3n) is 2.59. The molecule has 1 aromatic carbocycles. The number of carbonyl (C=O) groups is 1. The minimum Gasteiger partial charge on any atom is -0.478 e. The van der Waals surface area contributed by atoms with Crippen molar-refractivity contribution in [2.24, 2.45) is 0 Å². The highest BCUT2D eigenvalue weighted by Crippen LogP contribution is 2.24. The van der Waals surface area contributed by atoms with E-state index in [0.717, 1.165) is 16.7 Å². The number of carboxylic acid groups (broad SMARTS) is 1. The molecule has 4 heteroatoms. The molecule has 0 aliphatic carbocycles. The lowest BCUT2D eigenvalue weighted by atomic mass is 10.00. The van der Waals surface area contributed by atoms with E-state index in [1.807, 2.05) is 32.0 Å². The van der Waals surface area contributed by atoms with Gasteiger partial charge < -0.3 is 5.11 Å². The summed E-state index contributed by atoms with van der Waals surface area (Å²) in [5, 5.41) is 16.8.